The Balaban J connectivity index is 2.73. The first-order chi connectivity index (χ1) is 8.04. The first kappa shape index (κ1) is 13.2. The second-order valence-electron chi connectivity index (χ2n) is 4.54. The second kappa shape index (κ2) is 5.15. The molecule has 1 aromatic heterocycles. The zero-order valence-corrected chi connectivity index (χ0v) is 12.2. The highest BCUT2D eigenvalue weighted by Crippen LogP contribution is 2.40. The van der Waals surface area contributed by atoms with E-state index >= 15 is 0 Å². The van der Waals surface area contributed by atoms with Gasteiger partial charge in [-0.05, 0) is 30.0 Å². The standard InChI is InChI=1S/C13H15Cl2NS/c1-7(2)5-8-11(6-16)17-13-10(15)4-3-9(14)12(8)13/h3-4,7H,5-6,16H2,1-2H3. The molecule has 0 saturated carbocycles. The quantitative estimate of drug-likeness (QED) is 0.857. The normalized spacial score (nSPS) is 11.6. The van der Waals surface area contributed by atoms with E-state index in [0.717, 1.165) is 26.6 Å². The summed E-state index contributed by atoms with van der Waals surface area (Å²) in [5.41, 5.74) is 7.09. The monoisotopic (exact) mass is 287 g/mol. The zero-order valence-electron chi connectivity index (χ0n) is 9.89. The van der Waals surface area contributed by atoms with Crippen LogP contribution in [0.25, 0.3) is 10.1 Å². The predicted octanol–water partition coefficient (Wildman–Crippen LogP) is 4.87. The van der Waals surface area contributed by atoms with E-state index in [2.05, 4.69) is 13.8 Å². The lowest BCUT2D eigenvalue weighted by molar-refractivity contribution is 0.647. The van der Waals surface area contributed by atoms with Crippen molar-refractivity contribution >= 4 is 44.6 Å². The van der Waals surface area contributed by atoms with E-state index in [1.54, 1.807) is 11.3 Å². The molecule has 4 heteroatoms. The van der Waals surface area contributed by atoms with E-state index in [-0.39, 0.29) is 0 Å². The molecule has 0 aliphatic carbocycles. The van der Waals surface area contributed by atoms with Crippen molar-refractivity contribution in [1.82, 2.24) is 0 Å². The van der Waals surface area contributed by atoms with Crippen molar-refractivity contribution in [2.75, 3.05) is 0 Å². The Bertz CT molecular complexity index is 546. The Morgan fingerprint density at radius 1 is 1.24 bits per heavy atom. The van der Waals surface area contributed by atoms with Gasteiger partial charge in [0.15, 0.2) is 0 Å². The largest absolute Gasteiger partial charge is 0.326 e. The molecular formula is C13H15Cl2NS. The van der Waals surface area contributed by atoms with E-state index in [0.29, 0.717) is 12.5 Å². The highest BCUT2D eigenvalue weighted by atomic mass is 35.5. The Morgan fingerprint density at radius 3 is 2.47 bits per heavy atom. The Labute approximate surface area is 116 Å². The van der Waals surface area contributed by atoms with E-state index in [1.807, 2.05) is 12.1 Å². The topological polar surface area (TPSA) is 26.0 Å². The van der Waals surface area contributed by atoms with Crippen LogP contribution in [0.4, 0.5) is 0 Å². The van der Waals surface area contributed by atoms with Crippen molar-refractivity contribution in [1.29, 1.82) is 0 Å². The SMILES string of the molecule is CC(C)Cc1c(CN)sc2c(Cl)ccc(Cl)c12. The maximum absolute atomic E-state index is 6.30. The van der Waals surface area contributed by atoms with Gasteiger partial charge in [0.2, 0.25) is 0 Å². The molecule has 2 rings (SSSR count). The number of halogens is 2. The van der Waals surface area contributed by atoms with Crippen LogP contribution in [0.1, 0.15) is 24.3 Å². The molecule has 17 heavy (non-hydrogen) atoms. The molecule has 92 valence electrons. The third-order valence-corrected chi connectivity index (χ3v) is 4.75. The summed E-state index contributed by atoms with van der Waals surface area (Å²) in [7, 11) is 0. The van der Waals surface area contributed by atoms with Crippen LogP contribution in [0.2, 0.25) is 10.0 Å². The van der Waals surface area contributed by atoms with Gasteiger partial charge in [0.25, 0.3) is 0 Å². The first-order valence-corrected chi connectivity index (χ1v) is 7.20. The van der Waals surface area contributed by atoms with Gasteiger partial charge in [0, 0.05) is 21.8 Å². The summed E-state index contributed by atoms with van der Waals surface area (Å²) >= 11 is 14.2. The zero-order chi connectivity index (χ0) is 12.6. The average Bonchev–Trinajstić information content (AvgIpc) is 2.63. The number of fused-ring (bicyclic) bond motifs is 1. The van der Waals surface area contributed by atoms with Crippen molar-refractivity contribution in [3.05, 3.63) is 32.6 Å². The van der Waals surface area contributed by atoms with Gasteiger partial charge in [-0.3, -0.25) is 0 Å². The van der Waals surface area contributed by atoms with Gasteiger partial charge in [0.1, 0.15) is 0 Å². The molecule has 0 amide bonds. The average molecular weight is 288 g/mol. The summed E-state index contributed by atoms with van der Waals surface area (Å²) in [6, 6.07) is 3.71. The van der Waals surface area contributed by atoms with Gasteiger partial charge in [-0.1, -0.05) is 37.0 Å². The van der Waals surface area contributed by atoms with Crippen molar-refractivity contribution < 1.29 is 0 Å². The summed E-state index contributed by atoms with van der Waals surface area (Å²) in [6.45, 7) is 4.94. The molecule has 0 aliphatic rings. The first-order valence-electron chi connectivity index (χ1n) is 5.63. The van der Waals surface area contributed by atoms with Crippen LogP contribution < -0.4 is 5.73 Å². The van der Waals surface area contributed by atoms with Gasteiger partial charge in [-0.2, -0.15) is 0 Å². The molecule has 0 radical (unpaired) electrons. The molecule has 0 aliphatic heterocycles. The van der Waals surface area contributed by atoms with Crippen LogP contribution in [0.15, 0.2) is 12.1 Å². The summed E-state index contributed by atoms with van der Waals surface area (Å²) in [5.74, 6) is 0.577. The number of hydrogen-bond acceptors (Lipinski definition) is 2. The Kier molecular flexibility index (Phi) is 3.99. The molecule has 0 bridgehead atoms. The molecule has 0 saturated heterocycles. The lowest BCUT2D eigenvalue weighted by atomic mass is 10.00. The van der Waals surface area contributed by atoms with Crippen molar-refractivity contribution in [2.24, 2.45) is 11.7 Å². The molecule has 1 aromatic carbocycles. The predicted molar refractivity (Wildman–Crippen MR) is 78.3 cm³/mol. The molecule has 2 aromatic rings. The van der Waals surface area contributed by atoms with Gasteiger partial charge < -0.3 is 5.73 Å². The maximum atomic E-state index is 6.30. The smallest absolute Gasteiger partial charge is 0.0585 e. The number of rotatable bonds is 3. The fraction of sp³-hybridized carbons (Fsp3) is 0.385. The summed E-state index contributed by atoms with van der Waals surface area (Å²) in [5, 5.41) is 2.63. The highest BCUT2D eigenvalue weighted by Gasteiger charge is 2.16. The Hall–Kier alpha value is -0.280. The molecule has 0 atom stereocenters. The molecule has 0 spiro atoms. The number of thiophene rings is 1. The maximum Gasteiger partial charge on any atom is 0.0585 e. The van der Waals surface area contributed by atoms with Crippen LogP contribution >= 0.6 is 34.5 Å². The van der Waals surface area contributed by atoms with Gasteiger partial charge >= 0.3 is 0 Å². The minimum Gasteiger partial charge on any atom is -0.326 e. The highest BCUT2D eigenvalue weighted by molar-refractivity contribution is 7.20. The van der Waals surface area contributed by atoms with Crippen molar-refractivity contribution in [3.63, 3.8) is 0 Å². The molecule has 0 fully saturated rings. The van der Waals surface area contributed by atoms with Gasteiger partial charge in [-0.15, -0.1) is 11.3 Å². The van der Waals surface area contributed by atoms with Crippen LogP contribution in [-0.2, 0) is 13.0 Å². The molecule has 0 unspecified atom stereocenters. The van der Waals surface area contributed by atoms with Crippen LogP contribution in [0.3, 0.4) is 0 Å². The van der Waals surface area contributed by atoms with Gasteiger partial charge in [-0.25, -0.2) is 0 Å². The Morgan fingerprint density at radius 2 is 1.88 bits per heavy atom. The second-order valence-corrected chi connectivity index (χ2v) is 6.46. The van der Waals surface area contributed by atoms with Crippen molar-refractivity contribution in [3.8, 4) is 0 Å². The molecule has 1 heterocycles. The number of hydrogen-bond donors (Lipinski definition) is 1. The lowest BCUT2D eigenvalue weighted by Gasteiger charge is -2.07. The summed E-state index contributed by atoms with van der Waals surface area (Å²) < 4.78 is 1.07. The van der Waals surface area contributed by atoms with E-state index in [4.69, 9.17) is 28.9 Å². The minimum atomic E-state index is 0.550. The molecular weight excluding hydrogens is 273 g/mol. The number of nitrogens with two attached hydrogens (primary N) is 1. The lowest BCUT2D eigenvalue weighted by Crippen LogP contribution is -2.01. The molecule has 2 N–H and O–H groups in total. The van der Waals surface area contributed by atoms with Crippen LogP contribution in [-0.4, -0.2) is 0 Å². The summed E-state index contributed by atoms with van der Waals surface area (Å²) in [6.07, 6.45) is 0.993. The third kappa shape index (κ3) is 2.45. The van der Waals surface area contributed by atoms with Crippen LogP contribution in [0, 0.1) is 5.92 Å². The molecule has 1 nitrogen and oxygen atoms in total. The van der Waals surface area contributed by atoms with E-state index in [1.165, 1.54) is 10.4 Å². The third-order valence-electron chi connectivity index (χ3n) is 2.72. The fourth-order valence-electron chi connectivity index (χ4n) is 2.03. The number of benzene rings is 1. The van der Waals surface area contributed by atoms with E-state index < -0.39 is 0 Å². The van der Waals surface area contributed by atoms with Crippen LogP contribution in [0.5, 0.6) is 0 Å². The summed E-state index contributed by atoms with van der Waals surface area (Å²) in [4.78, 5) is 1.20. The van der Waals surface area contributed by atoms with Gasteiger partial charge in [0.05, 0.1) is 9.72 Å². The van der Waals surface area contributed by atoms with E-state index in [9.17, 15) is 0 Å². The fourth-order valence-corrected chi connectivity index (χ4v) is 3.77. The van der Waals surface area contributed by atoms with Crippen molar-refractivity contribution in [2.45, 2.75) is 26.8 Å². The minimum absolute atomic E-state index is 0.550.